The number of anilines is 3. The molecule has 10 aromatic carbocycles. The molecule has 0 spiro atoms. The molecule has 2 heterocycles. The molecule has 1 aliphatic rings. The van der Waals surface area contributed by atoms with Crippen LogP contribution in [0.3, 0.4) is 0 Å². The zero-order valence-electron chi connectivity index (χ0n) is 33.2. The second-order valence-electron chi connectivity index (χ2n) is 16.8. The summed E-state index contributed by atoms with van der Waals surface area (Å²) in [6.07, 6.45) is 0. The Kier molecular flexibility index (Phi) is 6.78. The highest BCUT2D eigenvalue weighted by atomic mass is 16.3. The molecular formula is C57H37NO2. The maximum absolute atomic E-state index is 7.45. The Morgan fingerprint density at radius 3 is 1.75 bits per heavy atom. The third kappa shape index (κ3) is 4.55. The molecule has 0 amide bonds. The van der Waals surface area contributed by atoms with Crippen LogP contribution in [0, 0.1) is 0 Å². The molecule has 3 heteroatoms. The predicted octanol–water partition coefficient (Wildman–Crippen LogP) is 16.4. The lowest BCUT2D eigenvalue weighted by Crippen LogP contribution is -2.16. The van der Waals surface area contributed by atoms with Crippen LogP contribution in [0.15, 0.2) is 197 Å². The smallest absolute Gasteiger partial charge is 0.159 e. The first-order valence-electron chi connectivity index (χ1n) is 20.8. The van der Waals surface area contributed by atoms with Gasteiger partial charge in [0.2, 0.25) is 0 Å². The highest BCUT2D eigenvalue weighted by Gasteiger charge is 2.36. The quantitative estimate of drug-likeness (QED) is 0.167. The Hall–Kier alpha value is -7.62. The fraction of sp³-hybridized carbons (Fsp3) is 0.0526. The van der Waals surface area contributed by atoms with Gasteiger partial charge in [-0.3, -0.25) is 0 Å². The molecule has 0 N–H and O–H groups in total. The molecule has 13 rings (SSSR count). The van der Waals surface area contributed by atoms with E-state index in [0.717, 1.165) is 77.5 Å². The van der Waals surface area contributed by atoms with Crippen LogP contribution in [0.1, 0.15) is 25.0 Å². The number of nitrogens with zero attached hydrogens (tertiary/aromatic N) is 1. The van der Waals surface area contributed by atoms with E-state index in [2.05, 4.69) is 201 Å². The van der Waals surface area contributed by atoms with E-state index in [1.165, 1.54) is 49.2 Å². The molecule has 0 radical (unpaired) electrons. The number of hydrogen-bond donors (Lipinski definition) is 0. The summed E-state index contributed by atoms with van der Waals surface area (Å²) in [6.45, 7) is 4.68. The number of para-hydroxylation sites is 3. The summed E-state index contributed by atoms with van der Waals surface area (Å²) in [7, 11) is 0. The molecule has 0 atom stereocenters. The lowest BCUT2D eigenvalue weighted by Gasteiger charge is -2.28. The molecule has 0 unspecified atom stereocenters. The minimum Gasteiger partial charge on any atom is -0.454 e. The topological polar surface area (TPSA) is 29.5 Å². The van der Waals surface area contributed by atoms with E-state index >= 15 is 0 Å². The zero-order chi connectivity index (χ0) is 39.7. The molecule has 2 aromatic heterocycles. The van der Waals surface area contributed by atoms with Gasteiger partial charge in [0.25, 0.3) is 0 Å². The van der Waals surface area contributed by atoms with Crippen LogP contribution in [-0.2, 0) is 5.41 Å². The zero-order valence-corrected chi connectivity index (χ0v) is 33.2. The Labute approximate surface area is 346 Å². The number of hydrogen-bond acceptors (Lipinski definition) is 3. The maximum atomic E-state index is 7.45. The van der Waals surface area contributed by atoms with Crippen molar-refractivity contribution < 1.29 is 8.83 Å². The van der Waals surface area contributed by atoms with Crippen LogP contribution in [0.25, 0.3) is 98.4 Å². The summed E-state index contributed by atoms with van der Waals surface area (Å²) < 4.78 is 14.2. The first-order chi connectivity index (χ1) is 29.5. The van der Waals surface area contributed by atoms with Crippen molar-refractivity contribution in [3.8, 4) is 22.3 Å². The van der Waals surface area contributed by atoms with Gasteiger partial charge in [-0.2, -0.15) is 0 Å². The van der Waals surface area contributed by atoms with E-state index in [4.69, 9.17) is 8.83 Å². The van der Waals surface area contributed by atoms with E-state index in [1.807, 2.05) is 6.07 Å². The fourth-order valence-corrected chi connectivity index (χ4v) is 10.4. The van der Waals surface area contributed by atoms with Crippen molar-refractivity contribution >= 4 is 93.3 Å². The van der Waals surface area contributed by atoms with Crippen molar-refractivity contribution in [1.29, 1.82) is 0 Å². The number of fused-ring (bicyclic) bond motifs is 13. The normalized spacial score (nSPS) is 13.3. The third-order valence-corrected chi connectivity index (χ3v) is 13.2. The Balaban J connectivity index is 1.13. The van der Waals surface area contributed by atoms with Crippen molar-refractivity contribution in [3.63, 3.8) is 0 Å². The number of benzene rings is 10. The predicted molar refractivity (Wildman–Crippen MR) is 251 cm³/mol. The molecular weight excluding hydrogens is 731 g/mol. The lowest BCUT2D eigenvalue weighted by atomic mass is 9.82. The van der Waals surface area contributed by atoms with Gasteiger partial charge in [-0.1, -0.05) is 159 Å². The summed E-state index contributed by atoms with van der Waals surface area (Å²) in [5, 5.41) is 11.6. The number of rotatable bonds is 4. The first-order valence-corrected chi connectivity index (χ1v) is 20.8. The van der Waals surface area contributed by atoms with Crippen LogP contribution >= 0.6 is 0 Å². The lowest BCUT2D eigenvalue weighted by molar-refractivity contribution is 0.660. The Bertz CT molecular complexity index is 3770. The van der Waals surface area contributed by atoms with Gasteiger partial charge in [0, 0.05) is 38.2 Å². The van der Waals surface area contributed by atoms with Gasteiger partial charge in [0.1, 0.15) is 11.2 Å². The van der Waals surface area contributed by atoms with Crippen molar-refractivity contribution in [3.05, 3.63) is 199 Å². The van der Waals surface area contributed by atoms with Gasteiger partial charge in [-0.15, -0.1) is 0 Å². The van der Waals surface area contributed by atoms with E-state index in [9.17, 15) is 0 Å². The van der Waals surface area contributed by atoms with Crippen LogP contribution in [-0.4, -0.2) is 0 Å². The molecule has 3 nitrogen and oxygen atoms in total. The Morgan fingerprint density at radius 1 is 0.367 bits per heavy atom. The first kappa shape index (κ1) is 33.4. The van der Waals surface area contributed by atoms with Crippen LogP contribution < -0.4 is 4.90 Å². The summed E-state index contributed by atoms with van der Waals surface area (Å²) in [5.41, 5.74) is 13.7. The van der Waals surface area contributed by atoms with Gasteiger partial charge in [0.05, 0.1) is 11.4 Å². The molecule has 0 bridgehead atoms. The monoisotopic (exact) mass is 767 g/mol. The summed E-state index contributed by atoms with van der Waals surface area (Å²) in [6, 6.07) is 68.1. The molecule has 1 aliphatic carbocycles. The van der Waals surface area contributed by atoms with Crippen molar-refractivity contribution in [2.24, 2.45) is 0 Å². The highest BCUT2D eigenvalue weighted by molar-refractivity contribution is 6.25. The van der Waals surface area contributed by atoms with Crippen molar-refractivity contribution in [2.75, 3.05) is 4.90 Å². The molecule has 282 valence electrons. The van der Waals surface area contributed by atoms with Gasteiger partial charge < -0.3 is 13.7 Å². The van der Waals surface area contributed by atoms with E-state index in [0.29, 0.717) is 0 Å². The minimum absolute atomic E-state index is 0.179. The van der Waals surface area contributed by atoms with Crippen LogP contribution in [0.2, 0.25) is 0 Å². The molecule has 12 aromatic rings. The maximum Gasteiger partial charge on any atom is 0.159 e. The minimum atomic E-state index is -0.179. The van der Waals surface area contributed by atoms with Gasteiger partial charge in [-0.25, -0.2) is 0 Å². The van der Waals surface area contributed by atoms with Gasteiger partial charge >= 0.3 is 0 Å². The largest absolute Gasteiger partial charge is 0.454 e. The van der Waals surface area contributed by atoms with Crippen LogP contribution in [0.5, 0.6) is 0 Å². The molecule has 0 aliphatic heterocycles. The SMILES string of the molecule is CC1(C)c2ccccc2-c2ccc(N(c3cccc4c3oc3ccccc34)c3cccc4c3oc3c(-c5cc6ccccc6c6ccccc56)c5ccccc5cc34)cc21. The molecule has 0 saturated carbocycles. The van der Waals surface area contributed by atoms with E-state index in [-0.39, 0.29) is 5.41 Å². The summed E-state index contributed by atoms with van der Waals surface area (Å²) in [4.78, 5) is 2.36. The standard InChI is InChI=1S/C57H37NO2/c1-57(2)48-25-11-9-21-41(48)42-30-29-36(33-49(42)57)58(50-26-13-23-44-43-22-10-12-28-52(43)59-54(44)50)51-27-14-24-45-47-32-35-16-4-6-18-38(35)53(56(47)60-55(45)51)46-31-34-15-3-5-17-37(34)39-19-7-8-20-40(39)46/h3-33H,1-2H3. The average molecular weight is 768 g/mol. The van der Waals surface area contributed by atoms with Crippen molar-refractivity contribution in [2.45, 2.75) is 19.3 Å². The third-order valence-electron chi connectivity index (χ3n) is 13.2. The van der Waals surface area contributed by atoms with Crippen molar-refractivity contribution in [1.82, 2.24) is 0 Å². The Morgan fingerprint density at radius 2 is 0.950 bits per heavy atom. The van der Waals surface area contributed by atoms with E-state index < -0.39 is 0 Å². The molecule has 60 heavy (non-hydrogen) atoms. The summed E-state index contributed by atoms with van der Waals surface area (Å²) >= 11 is 0. The average Bonchev–Trinajstić information content (AvgIpc) is 3.94. The molecule has 0 saturated heterocycles. The fourth-order valence-electron chi connectivity index (χ4n) is 10.4. The summed E-state index contributed by atoms with van der Waals surface area (Å²) in [5.74, 6) is 0. The van der Waals surface area contributed by atoms with Crippen LogP contribution in [0.4, 0.5) is 17.1 Å². The molecule has 0 fully saturated rings. The second-order valence-corrected chi connectivity index (χ2v) is 16.8. The van der Waals surface area contributed by atoms with Gasteiger partial charge in [-0.05, 0) is 103 Å². The van der Waals surface area contributed by atoms with Gasteiger partial charge in [0.15, 0.2) is 11.2 Å². The number of furan rings is 2. The van der Waals surface area contributed by atoms with E-state index in [1.54, 1.807) is 0 Å². The highest BCUT2D eigenvalue weighted by Crippen LogP contribution is 2.53. The second kappa shape index (κ2) is 12.2.